The Labute approximate surface area is 146 Å². The zero-order valence-corrected chi connectivity index (χ0v) is 14.3. The molecule has 2 rings (SSSR count). The van der Waals surface area contributed by atoms with Crippen LogP contribution in [0.15, 0.2) is 29.3 Å². The highest BCUT2D eigenvalue weighted by molar-refractivity contribution is 5.95. The summed E-state index contributed by atoms with van der Waals surface area (Å²) in [6, 6.07) is 5.72. The van der Waals surface area contributed by atoms with Crippen molar-refractivity contribution in [3.05, 3.63) is 30.1 Å². The predicted molar refractivity (Wildman–Crippen MR) is 94.5 cm³/mol. The minimum atomic E-state index is -0.407. The van der Waals surface area contributed by atoms with Crippen molar-refractivity contribution >= 4 is 23.5 Å². The molecule has 0 spiro atoms. The minimum absolute atomic E-state index is 0.0141. The normalized spacial score (nSPS) is 17.9. The fourth-order valence-corrected chi connectivity index (χ4v) is 2.97. The van der Waals surface area contributed by atoms with Gasteiger partial charge in [0, 0.05) is 32.2 Å². The topological polar surface area (TPSA) is 99.8 Å². The van der Waals surface area contributed by atoms with E-state index in [1.165, 1.54) is 18.2 Å². The Bertz CT molecular complexity index is 650. The number of carbonyl (C=O) groups excluding carboxylic acids is 2. The number of nitrogens with zero attached hydrogens (tertiary/aromatic N) is 2. The Kier molecular flexibility index (Phi) is 6.73. The molecule has 0 saturated carbocycles. The van der Waals surface area contributed by atoms with Gasteiger partial charge in [0.05, 0.1) is 6.54 Å². The first-order chi connectivity index (χ1) is 12.0. The monoisotopic (exact) mass is 349 g/mol. The molecule has 0 bridgehead atoms. The lowest BCUT2D eigenvalue weighted by Gasteiger charge is -2.34. The number of amides is 2. The number of primary amides is 1. The van der Waals surface area contributed by atoms with Gasteiger partial charge in [0.2, 0.25) is 11.8 Å². The van der Waals surface area contributed by atoms with Crippen molar-refractivity contribution in [2.24, 2.45) is 16.6 Å². The molecule has 136 valence electrons. The van der Waals surface area contributed by atoms with Gasteiger partial charge in [0.1, 0.15) is 5.82 Å². The molecule has 1 heterocycles. The van der Waals surface area contributed by atoms with Crippen molar-refractivity contribution in [2.45, 2.75) is 19.3 Å². The van der Waals surface area contributed by atoms with Gasteiger partial charge in [0.25, 0.3) is 0 Å². The summed E-state index contributed by atoms with van der Waals surface area (Å²) >= 11 is 0. The molecule has 0 aliphatic carbocycles. The number of anilines is 1. The number of hydrogen-bond acceptors (Lipinski definition) is 3. The second kappa shape index (κ2) is 9.00. The van der Waals surface area contributed by atoms with Gasteiger partial charge in [-0.1, -0.05) is 6.07 Å². The van der Waals surface area contributed by atoms with Crippen LogP contribution in [-0.4, -0.2) is 49.4 Å². The molecule has 1 atom stereocenters. The zero-order valence-electron chi connectivity index (χ0n) is 14.3. The molecular weight excluding hydrogens is 325 g/mol. The molecule has 4 N–H and O–H groups in total. The molecular formula is C17H24FN5O2. The summed E-state index contributed by atoms with van der Waals surface area (Å²) in [6.45, 7) is 1.49. The van der Waals surface area contributed by atoms with E-state index in [2.05, 4.69) is 15.6 Å². The number of rotatable bonds is 5. The molecule has 1 aromatic rings. The maximum atomic E-state index is 13.1. The predicted octanol–water partition coefficient (Wildman–Crippen LogP) is 0.927. The Morgan fingerprint density at radius 1 is 1.44 bits per heavy atom. The summed E-state index contributed by atoms with van der Waals surface area (Å²) in [7, 11) is 1.64. The highest BCUT2D eigenvalue weighted by atomic mass is 19.1. The third-order valence-corrected chi connectivity index (χ3v) is 4.04. The Balaban J connectivity index is 1.85. The molecule has 0 radical (unpaired) electrons. The quantitative estimate of drug-likeness (QED) is 0.544. The van der Waals surface area contributed by atoms with Crippen LogP contribution in [0.4, 0.5) is 10.1 Å². The van der Waals surface area contributed by atoms with E-state index in [0.717, 1.165) is 19.4 Å². The van der Waals surface area contributed by atoms with Crippen molar-refractivity contribution in [3.8, 4) is 0 Å². The Hall–Kier alpha value is -2.64. The molecule has 1 saturated heterocycles. The average molecular weight is 349 g/mol. The van der Waals surface area contributed by atoms with Gasteiger partial charge in [-0.2, -0.15) is 0 Å². The van der Waals surface area contributed by atoms with Crippen molar-refractivity contribution in [3.63, 3.8) is 0 Å². The number of piperidine rings is 1. The number of hydrogen-bond donors (Lipinski definition) is 3. The number of aliphatic imine (C=N–C) groups is 1. The molecule has 25 heavy (non-hydrogen) atoms. The summed E-state index contributed by atoms with van der Waals surface area (Å²) in [4.78, 5) is 29.3. The van der Waals surface area contributed by atoms with Gasteiger partial charge in [-0.15, -0.1) is 0 Å². The van der Waals surface area contributed by atoms with Gasteiger partial charge >= 0.3 is 0 Å². The van der Waals surface area contributed by atoms with E-state index >= 15 is 0 Å². The standard InChI is InChI=1S/C17H24FN5O2/c1-20-17(23-7-3-4-12(11-23)8-15(19)24)21-10-16(25)22-14-6-2-5-13(18)9-14/h2,5-6,9,12H,3-4,7-8,10-11H2,1H3,(H2,19,24)(H,20,21)(H,22,25). The Morgan fingerprint density at radius 3 is 2.92 bits per heavy atom. The van der Waals surface area contributed by atoms with E-state index in [1.54, 1.807) is 13.1 Å². The highest BCUT2D eigenvalue weighted by Gasteiger charge is 2.23. The van der Waals surface area contributed by atoms with Crippen molar-refractivity contribution in [1.82, 2.24) is 10.2 Å². The smallest absolute Gasteiger partial charge is 0.243 e. The van der Waals surface area contributed by atoms with E-state index in [-0.39, 0.29) is 24.3 Å². The first kappa shape index (κ1) is 18.7. The van der Waals surface area contributed by atoms with Crippen LogP contribution >= 0.6 is 0 Å². The maximum absolute atomic E-state index is 13.1. The van der Waals surface area contributed by atoms with Crippen molar-refractivity contribution < 1.29 is 14.0 Å². The highest BCUT2D eigenvalue weighted by Crippen LogP contribution is 2.19. The molecule has 1 unspecified atom stereocenters. The van der Waals surface area contributed by atoms with Gasteiger partial charge < -0.3 is 21.3 Å². The van der Waals surface area contributed by atoms with Crippen LogP contribution in [0, 0.1) is 11.7 Å². The van der Waals surface area contributed by atoms with Crippen LogP contribution in [0.1, 0.15) is 19.3 Å². The molecule has 0 aromatic heterocycles. The number of nitrogens with two attached hydrogens (primary N) is 1. The first-order valence-corrected chi connectivity index (χ1v) is 8.27. The van der Waals surface area contributed by atoms with E-state index in [4.69, 9.17) is 5.73 Å². The lowest BCUT2D eigenvalue weighted by Crippen LogP contribution is -2.48. The van der Waals surface area contributed by atoms with Crippen LogP contribution in [-0.2, 0) is 9.59 Å². The molecule has 1 fully saturated rings. The minimum Gasteiger partial charge on any atom is -0.370 e. The van der Waals surface area contributed by atoms with E-state index in [1.807, 2.05) is 4.90 Å². The second-order valence-corrected chi connectivity index (χ2v) is 6.08. The van der Waals surface area contributed by atoms with E-state index < -0.39 is 5.82 Å². The van der Waals surface area contributed by atoms with Gasteiger partial charge in [-0.25, -0.2) is 4.39 Å². The van der Waals surface area contributed by atoms with Crippen LogP contribution in [0.5, 0.6) is 0 Å². The number of carbonyl (C=O) groups is 2. The summed E-state index contributed by atoms with van der Waals surface area (Å²) in [6.07, 6.45) is 2.25. The molecule has 1 aliphatic rings. The number of halogens is 1. The van der Waals surface area contributed by atoms with Crippen LogP contribution in [0.25, 0.3) is 0 Å². The largest absolute Gasteiger partial charge is 0.370 e. The lowest BCUT2D eigenvalue weighted by atomic mass is 9.95. The summed E-state index contributed by atoms with van der Waals surface area (Å²) in [5.41, 5.74) is 5.68. The average Bonchev–Trinajstić information content (AvgIpc) is 2.55. The third-order valence-electron chi connectivity index (χ3n) is 4.04. The maximum Gasteiger partial charge on any atom is 0.243 e. The SMILES string of the molecule is CN=C(NCC(=O)Nc1cccc(F)c1)N1CCCC(CC(N)=O)C1. The lowest BCUT2D eigenvalue weighted by molar-refractivity contribution is -0.119. The van der Waals surface area contributed by atoms with Crippen LogP contribution in [0.3, 0.4) is 0 Å². The number of likely N-dealkylation sites (tertiary alicyclic amines) is 1. The first-order valence-electron chi connectivity index (χ1n) is 8.27. The number of guanidine groups is 1. The van der Waals surface area contributed by atoms with E-state index in [9.17, 15) is 14.0 Å². The van der Waals surface area contributed by atoms with E-state index in [0.29, 0.717) is 24.6 Å². The molecule has 2 amide bonds. The fraction of sp³-hybridized carbons (Fsp3) is 0.471. The van der Waals surface area contributed by atoms with Gasteiger partial charge in [0.15, 0.2) is 5.96 Å². The summed E-state index contributed by atoms with van der Waals surface area (Å²) in [5.74, 6) is -0.202. The fourth-order valence-electron chi connectivity index (χ4n) is 2.97. The van der Waals surface area contributed by atoms with Gasteiger partial charge in [-0.05, 0) is 37.0 Å². The zero-order chi connectivity index (χ0) is 18.2. The summed E-state index contributed by atoms with van der Waals surface area (Å²) in [5, 5.41) is 5.63. The van der Waals surface area contributed by atoms with Crippen molar-refractivity contribution in [1.29, 1.82) is 0 Å². The summed E-state index contributed by atoms with van der Waals surface area (Å²) < 4.78 is 13.1. The van der Waals surface area contributed by atoms with Crippen LogP contribution < -0.4 is 16.4 Å². The molecule has 1 aromatic carbocycles. The van der Waals surface area contributed by atoms with Crippen LogP contribution in [0.2, 0.25) is 0 Å². The number of nitrogens with one attached hydrogen (secondary N) is 2. The Morgan fingerprint density at radius 2 is 2.24 bits per heavy atom. The molecule has 1 aliphatic heterocycles. The molecule has 7 nitrogen and oxygen atoms in total. The van der Waals surface area contributed by atoms with Gasteiger partial charge in [-0.3, -0.25) is 14.6 Å². The molecule has 8 heteroatoms. The number of benzene rings is 1. The third kappa shape index (κ3) is 6.06. The van der Waals surface area contributed by atoms with Crippen molar-refractivity contribution in [2.75, 3.05) is 32.0 Å². The second-order valence-electron chi connectivity index (χ2n) is 6.08.